The molecule has 0 atom stereocenters. The molecule has 6 heteroatoms. The molecule has 1 fully saturated rings. The Morgan fingerprint density at radius 3 is 2.54 bits per heavy atom. The minimum Gasteiger partial charge on any atom is -0.346 e. The first-order chi connectivity index (χ1) is 12.5. The Labute approximate surface area is 162 Å². The van der Waals surface area contributed by atoms with Crippen LogP contribution in [0.3, 0.4) is 0 Å². The average Bonchev–Trinajstić information content (AvgIpc) is 2.98. The fourth-order valence-electron chi connectivity index (χ4n) is 3.29. The molecule has 2 aromatic rings. The summed E-state index contributed by atoms with van der Waals surface area (Å²) < 4.78 is 2.02. The molecule has 1 aliphatic rings. The molecule has 1 aliphatic heterocycles. The number of aromatic nitrogens is 2. The van der Waals surface area contributed by atoms with Crippen LogP contribution in [-0.4, -0.2) is 50.9 Å². The Morgan fingerprint density at radius 2 is 1.88 bits per heavy atom. The quantitative estimate of drug-likeness (QED) is 0.834. The highest BCUT2D eigenvalue weighted by Crippen LogP contribution is 2.18. The number of piperazine rings is 1. The van der Waals surface area contributed by atoms with Gasteiger partial charge in [-0.25, -0.2) is 0 Å². The summed E-state index contributed by atoms with van der Waals surface area (Å²) in [5, 5.41) is 8.81. The van der Waals surface area contributed by atoms with E-state index in [-0.39, 0.29) is 0 Å². The van der Waals surface area contributed by atoms with Gasteiger partial charge in [-0.1, -0.05) is 12.1 Å². The minimum absolute atomic E-state index is 0.827. The number of nitrogens with zero attached hydrogens (tertiary/aromatic N) is 4. The second-order valence-corrected chi connectivity index (χ2v) is 7.49. The van der Waals surface area contributed by atoms with Crippen LogP contribution < -0.4 is 5.32 Å². The van der Waals surface area contributed by atoms with Crippen molar-refractivity contribution in [1.29, 1.82) is 0 Å². The van der Waals surface area contributed by atoms with Crippen LogP contribution in [0.2, 0.25) is 0 Å². The van der Waals surface area contributed by atoms with E-state index in [0.29, 0.717) is 0 Å². The van der Waals surface area contributed by atoms with Gasteiger partial charge in [-0.05, 0) is 57.1 Å². The highest BCUT2D eigenvalue weighted by molar-refractivity contribution is 7.80. The summed E-state index contributed by atoms with van der Waals surface area (Å²) >= 11 is 5.65. The van der Waals surface area contributed by atoms with Crippen molar-refractivity contribution in [2.24, 2.45) is 0 Å². The van der Waals surface area contributed by atoms with Gasteiger partial charge >= 0.3 is 0 Å². The molecule has 1 N–H and O–H groups in total. The van der Waals surface area contributed by atoms with Crippen LogP contribution in [0.15, 0.2) is 24.4 Å². The van der Waals surface area contributed by atoms with Gasteiger partial charge in [0.2, 0.25) is 0 Å². The monoisotopic (exact) mass is 371 g/mol. The number of anilines is 1. The molecule has 0 unspecified atom stereocenters. The summed E-state index contributed by atoms with van der Waals surface area (Å²) in [6, 6.07) is 6.42. The summed E-state index contributed by atoms with van der Waals surface area (Å²) in [6.07, 6.45) is 2.18. The first-order valence-corrected chi connectivity index (χ1v) is 9.75. The molecule has 0 aliphatic carbocycles. The average molecular weight is 372 g/mol. The van der Waals surface area contributed by atoms with E-state index < -0.39 is 0 Å². The third-order valence-electron chi connectivity index (χ3n) is 5.06. The first kappa shape index (κ1) is 18.9. The fraction of sp³-hybridized carbons (Fsp3) is 0.500. The molecule has 0 bridgehead atoms. The summed E-state index contributed by atoms with van der Waals surface area (Å²) in [5.41, 5.74) is 6.05. The third-order valence-corrected chi connectivity index (χ3v) is 5.42. The lowest BCUT2D eigenvalue weighted by atomic mass is 10.1. The van der Waals surface area contributed by atoms with Gasteiger partial charge < -0.3 is 10.2 Å². The Kier molecular flexibility index (Phi) is 5.94. The Morgan fingerprint density at radius 1 is 1.15 bits per heavy atom. The molecule has 3 rings (SSSR count). The molecule has 1 aromatic heterocycles. The van der Waals surface area contributed by atoms with E-state index in [1.807, 2.05) is 4.68 Å². The maximum atomic E-state index is 5.65. The van der Waals surface area contributed by atoms with Crippen molar-refractivity contribution in [3.63, 3.8) is 0 Å². The Hall–Kier alpha value is -1.92. The zero-order valence-electron chi connectivity index (χ0n) is 16.2. The molecular weight excluding hydrogens is 342 g/mol. The molecule has 0 radical (unpaired) electrons. The number of thiocarbonyl (C=S) groups is 1. The van der Waals surface area contributed by atoms with Crippen molar-refractivity contribution in [3.8, 4) is 0 Å². The van der Waals surface area contributed by atoms with E-state index in [9.17, 15) is 0 Å². The molecule has 1 saturated heterocycles. The first-order valence-electron chi connectivity index (χ1n) is 9.34. The number of rotatable bonds is 4. The number of hydrogen-bond acceptors (Lipinski definition) is 3. The summed E-state index contributed by atoms with van der Waals surface area (Å²) in [5.74, 6) is 0. The van der Waals surface area contributed by atoms with Crippen molar-refractivity contribution in [1.82, 2.24) is 19.6 Å². The van der Waals surface area contributed by atoms with Crippen LogP contribution in [0.4, 0.5) is 5.69 Å². The molecule has 26 heavy (non-hydrogen) atoms. The SMILES string of the molecule is CCn1cc(CN2CCN(C(=S)Nc3cc(C)ccc3C)CC2)c(C)n1. The summed E-state index contributed by atoms with van der Waals surface area (Å²) in [7, 11) is 0. The number of nitrogens with one attached hydrogen (secondary N) is 1. The molecular formula is C20H29N5S. The van der Waals surface area contributed by atoms with Gasteiger partial charge in [0.15, 0.2) is 5.11 Å². The maximum Gasteiger partial charge on any atom is 0.173 e. The lowest BCUT2D eigenvalue weighted by molar-refractivity contribution is 0.176. The molecule has 0 spiro atoms. The second-order valence-electron chi connectivity index (χ2n) is 7.11. The van der Waals surface area contributed by atoms with Crippen LogP contribution in [0.5, 0.6) is 0 Å². The van der Waals surface area contributed by atoms with Crippen LogP contribution in [-0.2, 0) is 13.1 Å². The van der Waals surface area contributed by atoms with Gasteiger partial charge in [0.05, 0.1) is 5.69 Å². The Balaban J connectivity index is 1.53. The van der Waals surface area contributed by atoms with Crippen LogP contribution in [0, 0.1) is 20.8 Å². The van der Waals surface area contributed by atoms with Crippen LogP contribution >= 0.6 is 12.2 Å². The lowest BCUT2D eigenvalue weighted by Gasteiger charge is -2.36. The predicted octanol–water partition coefficient (Wildman–Crippen LogP) is 3.34. The summed E-state index contributed by atoms with van der Waals surface area (Å²) in [6.45, 7) is 14.3. The van der Waals surface area contributed by atoms with Crippen LogP contribution in [0.1, 0.15) is 29.3 Å². The third kappa shape index (κ3) is 4.43. The zero-order chi connectivity index (χ0) is 18.7. The molecule has 1 aromatic carbocycles. The van der Waals surface area contributed by atoms with Crippen molar-refractivity contribution in [2.75, 3.05) is 31.5 Å². The van der Waals surface area contributed by atoms with Gasteiger partial charge in [-0.15, -0.1) is 0 Å². The molecule has 0 amide bonds. The van der Waals surface area contributed by atoms with E-state index in [0.717, 1.165) is 55.8 Å². The van der Waals surface area contributed by atoms with Crippen molar-refractivity contribution >= 4 is 23.0 Å². The second kappa shape index (κ2) is 8.18. The minimum atomic E-state index is 0.827. The number of benzene rings is 1. The fourth-order valence-corrected chi connectivity index (χ4v) is 3.58. The van der Waals surface area contributed by atoms with Gasteiger partial charge in [-0.2, -0.15) is 5.10 Å². The van der Waals surface area contributed by atoms with E-state index in [4.69, 9.17) is 12.2 Å². The van der Waals surface area contributed by atoms with E-state index in [1.165, 1.54) is 16.7 Å². The van der Waals surface area contributed by atoms with Crippen molar-refractivity contribution in [2.45, 2.75) is 40.8 Å². The van der Waals surface area contributed by atoms with E-state index in [2.05, 4.69) is 72.3 Å². The maximum absolute atomic E-state index is 5.65. The van der Waals surface area contributed by atoms with Crippen LogP contribution in [0.25, 0.3) is 0 Å². The smallest absolute Gasteiger partial charge is 0.173 e. The lowest BCUT2D eigenvalue weighted by Crippen LogP contribution is -2.49. The molecule has 140 valence electrons. The topological polar surface area (TPSA) is 36.3 Å². The van der Waals surface area contributed by atoms with Gasteiger partial charge in [0.1, 0.15) is 0 Å². The normalized spacial score (nSPS) is 15.3. The highest BCUT2D eigenvalue weighted by atomic mass is 32.1. The molecule has 2 heterocycles. The standard InChI is InChI=1S/C20H29N5S/c1-5-25-14-18(17(4)22-25)13-23-8-10-24(11-9-23)20(26)21-19-12-15(2)6-7-16(19)3/h6-7,12,14H,5,8-11,13H2,1-4H3,(H,21,26). The Bertz CT molecular complexity index is 775. The molecule has 5 nitrogen and oxygen atoms in total. The summed E-state index contributed by atoms with van der Waals surface area (Å²) in [4.78, 5) is 4.76. The zero-order valence-corrected chi connectivity index (χ0v) is 17.1. The number of aryl methyl sites for hydroxylation is 4. The largest absolute Gasteiger partial charge is 0.346 e. The van der Waals surface area contributed by atoms with Crippen molar-refractivity contribution in [3.05, 3.63) is 46.8 Å². The van der Waals surface area contributed by atoms with E-state index >= 15 is 0 Å². The van der Waals surface area contributed by atoms with Crippen molar-refractivity contribution < 1.29 is 0 Å². The predicted molar refractivity (Wildman–Crippen MR) is 112 cm³/mol. The highest BCUT2D eigenvalue weighted by Gasteiger charge is 2.20. The van der Waals surface area contributed by atoms with Gasteiger partial charge in [-0.3, -0.25) is 9.58 Å². The van der Waals surface area contributed by atoms with E-state index in [1.54, 1.807) is 0 Å². The molecule has 0 saturated carbocycles. The number of hydrogen-bond donors (Lipinski definition) is 1. The van der Waals surface area contributed by atoms with Gasteiger partial charge in [0.25, 0.3) is 0 Å². The van der Waals surface area contributed by atoms with Gasteiger partial charge in [0, 0.05) is 56.7 Å².